The lowest BCUT2D eigenvalue weighted by Crippen LogP contribution is -2.50. The molecule has 26 nitrogen and oxygen atoms in total. The van der Waals surface area contributed by atoms with E-state index in [4.69, 9.17) is 24.7 Å². The Hall–Kier alpha value is -9.19. The first-order valence-electron chi connectivity index (χ1n) is 34.1. The van der Waals surface area contributed by atoms with Crippen LogP contribution in [-0.4, -0.2) is 166 Å². The lowest BCUT2D eigenvalue weighted by Gasteiger charge is -2.29. The minimum atomic E-state index is -0.643. The van der Waals surface area contributed by atoms with E-state index in [2.05, 4.69) is 131 Å². The number of hydrogen-bond donors (Lipinski definition) is 13. The molecule has 3 aliphatic rings. The fourth-order valence-electron chi connectivity index (χ4n) is 13.0. The molecule has 3 aromatic carbocycles. The normalized spacial score (nSPS) is 18.0. The second-order valence-corrected chi connectivity index (χ2v) is 29.6. The highest BCUT2D eigenvalue weighted by Crippen LogP contribution is 2.31. The van der Waals surface area contributed by atoms with Crippen molar-refractivity contribution in [2.75, 3.05) is 67.7 Å². The van der Waals surface area contributed by atoms with Crippen LogP contribution in [0.2, 0.25) is 0 Å². The number of methoxy groups -OCH3 is 4. The minimum absolute atomic E-state index is 0.0147. The van der Waals surface area contributed by atoms with Crippen LogP contribution in [0.5, 0.6) is 17.2 Å². The number of nitrogens with one attached hydrogen (secondary N) is 12. The van der Waals surface area contributed by atoms with Gasteiger partial charge < -0.3 is 82.2 Å². The molecule has 14 N–H and O–H groups in total. The highest BCUT2D eigenvalue weighted by molar-refractivity contribution is 6.02. The van der Waals surface area contributed by atoms with Gasteiger partial charge in [-0.3, -0.25) is 43.7 Å². The first-order valence-corrected chi connectivity index (χ1v) is 34.1. The lowest BCUT2D eigenvalue weighted by molar-refractivity contribution is -0.143. The van der Waals surface area contributed by atoms with E-state index < -0.39 is 30.0 Å². The van der Waals surface area contributed by atoms with Crippen molar-refractivity contribution in [2.24, 2.45) is 39.7 Å². The molecule has 3 aromatic heterocycles. The number of esters is 1. The van der Waals surface area contributed by atoms with Gasteiger partial charge in [0, 0.05) is 108 Å². The zero-order valence-corrected chi connectivity index (χ0v) is 59.7. The van der Waals surface area contributed by atoms with Crippen molar-refractivity contribution in [3.63, 3.8) is 0 Å². The molecule has 3 aliphatic heterocycles. The molecule has 0 unspecified atom stereocenters. The first kappa shape index (κ1) is 77.2. The van der Waals surface area contributed by atoms with Gasteiger partial charge in [0.05, 0.1) is 46.6 Å². The number of aromatic nitrogens is 3. The molecule has 3 saturated heterocycles. The maximum absolute atomic E-state index is 13.1. The average Bonchev–Trinajstić information content (AvgIpc) is 1.68. The molecular weight excluding hydrogens is 1260 g/mol. The standard InChI is InChI=1S/C25H36N4O5.C24H35N5O4.C24H33N5O3/c1-25(2,3)13-16(14-27-20(24(32)34-5)11-15-9-10-26-22(15)30)28-23(31)19-12-17-18(29-19)7-6-8-21(17)33-4;1-24(2,3)12-15(13-27-18(21(25)30)10-14-8-9-26-22(14)31)28-23(32)19-11-16-17(29-19)6-5-7-20(16)33-4;1-24(2,3)12-17(14-27-16(13-25)10-15-8-9-26-22(15)30)28-23(31)20-11-18-19(29-20)6-5-7-21(18)32-4/h6-8,12,15-16,20,27,29H,9-11,13-14H2,1-5H3,(H,26,30)(H,28,31);5-7,11,14-15,18,27,29H,8-10,12-13H2,1-4H3,(H2,25,30)(H,26,31)(H,28,32);5-7,11,15-17,27,29H,8-10,12,14H2,1-4H3,(H,26,30)(H,28,31)/t15-,16-,20-;14-,15-,18-;15-,16-,17-/m000/s1. The molecule has 9 rings (SSSR count). The van der Waals surface area contributed by atoms with E-state index in [0.717, 1.165) is 45.6 Å². The second-order valence-electron chi connectivity index (χ2n) is 29.6. The predicted octanol–water partition coefficient (Wildman–Crippen LogP) is 6.77. The molecule has 3 fully saturated rings. The quantitative estimate of drug-likeness (QED) is 0.0215. The molecule has 0 saturated carbocycles. The molecule has 0 aliphatic carbocycles. The molecule has 7 amide bonds. The summed E-state index contributed by atoms with van der Waals surface area (Å²) in [5.74, 6) is -0.169. The Balaban J connectivity index is 0.000000209. The van der Waals surface area contributed by atoms with Crippen LogP contribution < -0.4 is 67.8 Å². The smallest absolute Gasteiger partial charge is 0.322 e. The third-order valence-electron chi connectivity index (χ3n) is 17.7. The number of primary amides is 1. The number of aromatic amines is 3. The van der Waals surface area contributed by atoms with Gasteiger partial charge in [0.1, 0.15) is 40.4 Å². The van der Waals surface area contributed by atoms with Crippen molar-refractivity contribution in [2.45, 2.75) is 156 Å². The van der Waals surface area contributed by atoms with Crippen LogP contribution in [0, 0.1) is 45.3 Å². The summed E-state index contributed by atoms with van der Waals surface area (Å²) in [6.07, 6.45) is 5.42. The van der Waals surface area contributed by atoms with Gasteiger partial charge in [0.25, 0.3) is 17.7 Å². The van der Waals surface area contributed by atoms with E-state index in [1.165, 1.54) is 7.11 Å². The number of rotatable bonds is 29. The molecule has 6 aromatic rings. The number of nitrogens with two attached hydrogens (primary N) is 1. The summed E-state index contributed by atoms with van der Waals surface area (Å²) in [7, 11) is 6.13. The Morgan fingerprint density at radius 1 is 0.505 bits per heavy atom. The molecule has 0 bridgehead atoms. The highest BCUT2D eigenvalue weighted by atomic mass is 16.5. The lowest BCUT2D eigenvalue weighted by atomic mass is 9.87. The van der Waals surface area contributed by atoms with Crippen LogP contribution in [0.25, 0.3) is 32.7 Å². The summed E-state index contributed by atoms with van der Waals surface area (Å²) in [5, 5.41) is 39.5. The highest BCUT2D eigenvalue weighted by Gasteiger charge is 2.35. The fourth-order valence-corrected chi connectivity index (χ4v) is 13.0. The number of ether oxygens (including phenoxy) is 4. The van der Waals surface area contributed by atoms with Crippen molar-refractivity contribution in [1.82, 2.24) is 62.8 Å². The Labute approximate surface area is 580 Å². The van der Waals surface area contributed by atoms with Crippen molar-refractivity contribution in [3.05, 3.63) is 89.9 Å². The van der Waals surface area contributed by atoms with Crippen molar-refractivity contribution >= 4 is 80.0 Å². The second kappa shape index (κ2) is 35.0. The van der Waals surface area contributed by atoms with Gasteiger partial charge in [-0.2, -0.15) is 5.26 Å². The summed E-state index contributed by atoms with van der Waals surface area (Å²) >= 11 is 0. The number of benzene rings is 3. The SMILES string of the molecule is COC(=O)[C@H](C[C@@H]1CCNC1=O)NC[C@H](CC(C)(C)C)NC(=O)c1cc2c(OC)cccc2[nH]1.COc1cccc2[nH]c(C(=O)N[C@H](CN[C@@H](C[C@@H]3CCNC3=O)C(N)=O)CC(C)(C)C)cc12.COc1cccc2[nH]c(C(=O)N[C@H](CN[C@H](C#N)C[C@@H]3CCNC3=O)CC(C)(C)C)cc12. The number of nitriles is 1. The Kier molecular flexibility index (Phi) is 27.3. The summed E-state index contributed by atoms with van der Waals surface area (Å²) in [5.41, 5.74) is 9.25. The van der Waals surface area contributed by atoms with Crippen LogP contribution in [0.4, 0.5) is 0 Å². The van der Waals surface area contributed by atoms with E-state index >= 15 is 0 Å². The van der Waals surface area contributed by atoms with Crippen molar-refractivity contribution < 1.29 is 57.3 Å². The minimum Gasteiger partial charge on any atom is -0.496 e. The number of H-pyrrole nitrogens is 3. The van der Waals surface area contributed by atoms with Gasteiger partial charge in [-0.15, -0.1) is 0 Å². The van der Waals surface area contributed by atoms with Crippen LogP contribution >= 0.6 is 0 Å². The van der Waals surface area contributed by atoms with Gasteiger partial charge in [0.2, 0.25) is 23.6 Å². The van der Waals surface area contributed by atoms with Crippen LogP contribution in [0.3, 0.4) is 0 Å². The van der Waals surface area contributed by atoms with E-state index in [0.29, 0.717) is 119 Å². The topological polar surface area (TPSA) is 379 Å². The molecule has 538 valence electrons. The van der Waals surface area contributed by atoms with Gasteiger partial charge in [-0.05, 0) is 129 Å². The number of fused-ring (bicyclic) bond motifs is 3. The summed E-state index contributed by atoms with van der Waals surface area (Å²) < 4.78 is 21.1. The first-order chi connectivity index (χ1) is 46.9. The summed E-state index contributed by atoms with van der Waals surface area (Å²) in [4.78, 5) is 109. The molecule has 99 heavy (non-hydrogen) atoms. The van der Waals surface area contributed by atoms with Gasteiger partial charge >= 0.3 is 5.97 Å². The van der Waals surface area contributed by atoms with Gasteiger partial charge in [-0.25, -0.2) is 0 Å². The molecule has 9 atom stereocenters. The Bertz CT molecular complexity index is 3810. The third-order valence-corrected chi connectivity index (χ3v) is 17.7. The van der Waals surface area contributed by atoms with Crippen LogP contribution in [0.1, 0.15) is 152 Å². The number of nitrogens with zero attached hydrogens (tertiary/aromatic N) is 1. The van der Waals surface area contributed by atoms with Crippen LogP contribution in [-0.2, 0) is 28.7 Å². The number of carbonyl (C=O) groups is 8. The maximum atomic E-state index is 13.1. The van der Waals surface area contributed by atoms with Crippen molar-refractivity contribution in [3.8, 4) is 23.3 Å². The molecular formula is C73H104N14O12. The molecule has 0 radical (unpaired) electrons. The van der Waals surface area contributed by atoms with Gasteiger partial charge in [0.15, 0.2) is 0 Å². The Morgan fingerprint density at radius 2 is 0.828 bits per heavy atom. The molecule has 6 heterocycles. The third kappa shape index (κ3) is 22.9. The van der Waals surface area contributed by atoms with E-state index in [1.54, 1.807) is 39.5 Å². The summed E-state index contributed by atoms with van der Waals surface area (Å²) in [6.45, 7) is 22.0. The molecule has 0 spiro atoms. The summed E-state index contributed by atoms with van der Waals surface area (Å²) in [6, 6.07) is 22.1. The number of carbonyl (C=O) groups excluding carboxylic acids is 8. The largest absolute Gasteiger partial charge is 0.496 e. The zero-order chi connectivity index (χ0) is 72.4. The fraction of sp³-hybridized carbons (Fsp3) is 0.548. The van der Waals surface area contributed by atoms with E-state index in [-0.39, 0.29) is 87.6 Å². The van der Waals surface area contributed by atoms with E-state index in [1.807, 2.05) is 54.6 Å². The van der Waals surface area contributed by atoms with Gasteiger partial charge in [-0.1, -0.05) is 80.5 Å². The Morgan fingerprint density at radius 3 is 1.12 bits per heavy atom. The maximum Gasteiger partial charge on any atom is 0.322 e. The van der Waals surface area contributed by atoms with E-state index in [9.17, 15) is 43.6 Å². The predicted molar refractivity (Wildman–Crippen MR) is 380 cm³/mol. The van der Waals surface area contributed by atoms with Crippen molar-refractivity contribution in [1.29, 1.82) is 5.26 Å². The molecule has 26 heteroatoms. The monoisotopic (exact) mass is 1370 g/mol. The average molecular weight is 1370 g/mol. The zero-order valence-electron chi connectivity index (χ0n) is 59.7. The van der Waals surface area contributed by atoms with Crippen LogP contribution in [0.15, 0.2) is 72.8 Å². The number of hydrogen-bond acceptors (Lipinski definition) is 16. The number of amides is 7.